The number of hydrogen-bond acceptors (Lipinski definition) is 4. The lowest BCUT2D eigenvalue weighted by atomic mass is 10.1. The smallest absolute Gasteiger partial charge is 0.240 e. The first-order chi connectivity index (χ1) is 9.11. The van der Waals surface area contributed by atoms with Gasteiger partial charge in [-0.15, -0.1) is 11.3 Å². The monoisotopic (exact) mass is 282 g/mol. The van der Waals surface area contributed by atoms with E-state index in [1.807, 2.05) is 16.3 Å². The molecule has 1 aliphatic rings. The van der Waals surface area contributed by atoms with Gasteiger partial charge in [-0.3, -0.25) is 4.79 Å². The number of nitrogens with one attached hydrogen (secondary N) is 1. The molecule has 0 aliphatic carbocycles. The van der Waals surface area contributed by atoms with E-state index in [2.05, 4.69) is 25.2 Å². The molecule has 0 spiro atoms. The minimum atomic E-state index is -0.104. The van der Waals surface area contributed by atoms with Gasteiger partial charge in [0.1, 0.15) is 0 Å². The van der Waals surface area contributed by atoms with Gasteiger partial charge in [-0.1, -0.05) is 6.07 Å². The van der Waals surface area contributed by atoms with E-state index in [1.54, 1.807) is 18.4 Å². The van der Waals surface area contributed by atoms with Gasteiger partial charge in [-0.2, -0.15) is 0 Å². The Labute approximate surface area is 118 Å². The molecule has 0 aromatic carbocycles. The van der Waals surface area contributed by atoms with E-state index < -0.39 is 0 Å². The standard InChI is InChI=1S/C14H22N2O2S/c1-10(2)16(9-12-5-4-6-19-12)14(17)13-7-11(18-3)8-15-13/h4-6,10-11,13,15H,7-9H2,1-3H3. The van der Waals surface area contributed by atoms with Crippen LogP contribution in [0.25, 0.3) is 0 Å². The van der Waals surface area contributed by atoms with Gasteiger partial charge in [-0.05, 0) is 31.7 Å². The Morgan fingerprint density at radius 1 is 1.63 bits per heavy atom. The lowest BCUT2D eigenvalue weighted by Gasteiger charge is -2.29. The molecule has 4 nitrogen and oxygen atoms in total. The van der Waals surface area contributed by atoms with Crippen LogP contribution in [0.3, 0.4) is 0 Å². The molecular formula is C14H22N2O2S. The summed E-state index contributed by atoms with van der Waals surface area (Å²) in [6.07, 6.45) is 0.924. The molecule has 2 rings (SSSR count). The molecule has 2 atom stereocenters. The van der Waals surface area contributed by atoms with Gasteiger partial charge in [0.2, 0.25) is 5.91 Å². The highest BCUT2D eigenvalue weighted by molar-refractivity contribution is 7.09. The Morgan fingerprint density at radius 3 is 2.95 bits per heavy atom. The Kier molecular flexibility index (Phi) is 4.96. The largest absolute Gasteiger partial charge is 0.380 e. The highest BCUT2D eigenvalue weighted by Gasteiger charge is 2.33. The van der Waals surface area contributed by atoms with Crippen LogP contribution in [0.2, 0.25) is 0 Å². The summed E-state index contributed by atoms with van der Waals surface area (Å²) in [5.41, 5.74) is 0. The minimum Gasteiger partial charge on any atom is -0.380 e. The number of carbonyl (C=O) groups excluding carboxylic acids is 1. The fraction of sp³-hybridized carbons (Fsp3) is 0.643. The van der Waals surface area contributed by atoms with Crippen LogP contribution < -0.4 is 5.32 Å². The first-order valence-corrected chi connectivity index (χ1v) is 7.58. The molecule has 1 aromatic rings. The summed E-state index contributed by atoms with van der Waals surface area (Å²) in [4.78, 5) is 15.8. The van der Waals surface area contributed by atoms with Gasteiger partial charge in [-0.25, -0.2) is 0 Å². The maximum absolute atomic E-state index is 12.6. The van der Waals surface area contributed by atoms with E-state index in [1.165, 1.54) is 4.88 Å². The Balaban J connectivity index is 2.01. The predicted octanol–water partition coefficient (Wildman–Crippen LogP) is 1.86. The fourth-order valence-electron chi connectivity index (χ4n) is 2.36. The van der Waals surface area contributed by atoms with Crippen molar-refractivity contribution in [3.63, 3.8) is 0 Å². The SMILES string of the molecule is COC1CNC(C(=O)N(Cc2cccs2)C(C)C)C1. The lowest BCUT2D eigenvalue weighted by Crippen LogP contribution is -2.46. The summed E-state index contributed by atoms with van der Waals surface area (Å²) >= 11 is 1.69. The molecule has 19 heavy (non-hydrogen) atoms. The molecule has 1 aliphatic heterocycles. The van der Waals surface area contributed by atoms with Crippen molar-refractivity contribution >= 4 is 17.2 Å². The maximum Gasteiger partial charge on any atom is 0.240 e. The van der Waals surface area contributed by atoms with E-state index in [-0.39, 0.29) is 24.1 Å². The summed E-state index contributed by atoms with van der Waals surface area (Å²) in [5.74, 6) is 0.183. The average Bonchev–Trinajstić information content (AvgIpc) is 3.05. The van der Waals surface area contributed by atoms with Gasteiger partial charge in [0, 0.05) is 24.6 Å². The zero-order valence-corrected chi connectivity index (χ0v) is 12.6. The van der Waals surface area contributed by atoms with Crippen molar-refractivity contribution in [2.24, 2.45) is 0 Å². The van der Waals surface area contributed by atoms with Crippen molar-refractivity contribution in [3.8, 4) is 0 Å². The molecule has 2 heterocycles. The summed E-state index contributed by atoms with van der Waals surface area (Å²) in [6.45, 7) is 5.59. The van der Waals surface area contributed by atoms with E-state index in [0.29, 0.717) is 6.54 Å². The van der Waals surface area contributed by atoms with Gasteiger partial charge in [0.25, 0.3) is 0 Å². The number of rotatable bonds is 5. The Bertz CT molecular complexity index is 406. The van der Waals surface area contributed by atoms with Gasteiger partial charge in [0.15, 0.2) is 0 Å². The van der Waals surface area contributed by atoms with Crippen LogP contribution in [0.1, 0.15) is 25.1 Å². The van der Waals surface area contributed by atoms with Crippen LogP contribution in [0, 0.1) is 0 Å². The van der Waals surface area contributed by atoms with Crippen molar-refractivity contribution < 1.29 is 9.53 Å². The number of thiophene rings is 1. The summed E-state index contributed by atoms with van der Waals surface area (Å²) < 4.78 is 5.31. The Hall–Kier alpha value is -0.910. The average molecular weight is 282 g/mol. The molecule has 106 valence electrons. The first kappa shape index (κ1) is 14.5. The van der Waals surface area contributed by atoms with Crippen molar-refractivity contribution in [2.45, 2.75) is 45.0 Å². The van der Waals surface area contributed by atoms with Gasteiger partial charge < -0.3 is 15.0 Å². The molecule has 1 saturated heterocycles. The van der Waals surface area contributed by atoms with Gasteiger partial charge in [0.05, 0.1) is 18.7 Å². The summed E-state index contributed by atoms with van der Waals surface area (Å²) in [7, 11) is 1.70. The third-order valence-electron chi connectivity index (χ3n) is 3.53. The van der Waals surface area contributed by atoms with E-state index in [0.717, 1.165) is 13.0 Å². The second kappa shape index (κ2) is 6.50. The summed E-state index contributed by atoms with van der Waals surface area (Å²) in [6, 6.07) is 4.20. The normalized spacial score (nSPS) is 22.9. The molecule has 1 N–H and O–H groups in total. The van der Waals surface area contributed by atoms with E-state index in [9.17, 15) is 4.79 Å². The molecule has 0 radical (unpaired) electrons. The quantitative estimate of drug-likeness (QED) is 0.896. The van der Waals surface area contributed by atoms with Gasteiger partial charge >= 0.3 is 0 Å². The van der Waals surface area contributed by atoms with E-state index in [4.69, 9.17) is 4.74 Å². The second-order valence-corrected chi connectivity index (χ2v) is 6.23. The van der Waals surface area contributed by atoms with E-state index >= 15 is 0 Å². The van der Waals surface area contributed by atoms with Crippen LogP contribution >= 0.6 is 11.3 Å². The highest BCUT2D eigenvalue weighted by atomic mass is 32.1. The van der Waals surface area contributed by atoms with Crippen LogP contribution in [0.15, 0.2) is 17.5 Å². The zero-order valence-electron chi connectivity index (χ0n) is 11.8. The lowest BCUT2D eigenvalue weighted by molar-refractivity contribution is -0.135. The molecular weight excluding hydrogens is 260 g/mol. The first-order valence-electron chi connectivity index (χ1n) is 6.71. The second-order valence-electron chi connectivity index (χ2n) is 5.19. The van der Waals surface area contributed by atoms with Crippen LogP contribution in [-0.4, -0.2) is 42.6 Å². The highest BCUT2D eigenvalue weighted by Crippen LogP contribution is 2.18. The number of hydrogen-bond donors (Lipinski definition) is 1. The molecule has 1 fully saturated rings. The molecule has 5 heteroatoms. The maximum atomic E-state index is 12.6. The molecule has 0 saturated carbocycles. The fourth-order valence-corrected chi connectivity index (χ4v) is 3.06. The van der Waals surface area contributed by atoms with Crippen LogP contribution in [0.4, 0.5) is 0 Å². The topological polar surface area (TPSA) is 41.6 Å². The molecule has 1 aromatic heterocycles. The molecule has 1 amide bonds. The van der Waals surface area contributed by atoms with Crippen molar-refractivity contribution in [3.05, 3.63) is 22.4 Å². The van der Waals surface area contributed by atoms with Crippen molar-refractivity contribution in [2.75, 3.05) is 13.7 Å². The number of ether oxygens (including phenoxy) is 1. The Morgan fingerprint density at radius 2 is 2.42 bits per heavy atom. The summed E-state index contributed by atoms with van der Waals surface area (Å²) in [5, 5.41) is 5.31. The predicted molar refractivity (Wildman–Crippen MR) is 77.2 cm³/mol. The zero-order chi connectivity index (χ0) is 13.8. The third kappa shape index (κ3) is 3.55. The van der Waals surface area contributed by atoms with Crippen LogP contribution in [-0.2, 0) is 16.1 Å². The number of carbonyl (C=O) groups is 1. The number of nitrogens with zero attached hydrogens (tertiary/aromatic N) is 1. The van der Waals surface area contributed by atoms with Crippen LogP contribution in [0.5, 0.6) is 0 Å². The molecule has 0 bridgehead atoms. The molecule has 2 unspecified atom stereocenters. The number of methoxy groups -OCH3 is 1. The van der Waals surface area contributed by atoms with Crippen molar-refractivity contribution in [1.82, 2.24) is 10.2 Å². The van der Waals surface area contributed by atoms with Crippen molar-refractivity contribution in [1.29, 1.82) is 0 Å². The third-order valence-corrected chi connectivity index (χ3v) is 4.40. The number of amides is 1. The minimum absolute atomic E-state index is 0.104.